The summed E-state index contributed by atoms with van der Waals surface area (Å²) in [7, 11) is 0. The van der Waals surface area contributed by atoms with Crippen LogP contribution in [0, 0.1) is 23.3 Å². The molecule has 0 radical (unpaired) electrons. The van der Waals surface area contributed by atoms with Crippen molar-refractivity contribution >= 4 is 6.29 Å². The molecule has 0 heterocycles. The molecule has 1 nitrogen and oxygen atoms in total. The summed E-state index contributed by atoms with van der Waals surface area (Å²) in [6.07, 6.45) is 0.344. The molecule has 0 aliphatic rings. The Labute approximate surface area is 99.7 Å². The van der Waals surface area contributed by atoms with Crippen LogP contribution in [0.5, 0.6) is 0 Å². The van der Waals surface area contributed by atoms with Crippen molar-refractivity contribution in [3.8, 4) is 11.1 Å². The predicted molar refractivity (Wildman–Crippen MR) is 57.1 cm³/mol. The van der Waals surface area contributed by atoms with Gasteiger partial charge in [0.2, 0.25) is 0 Å². The summed E-state index contributed by atoms with van der Waals surface area (Å²) < 4.78 is 52.9. The van der Waals surface area contributed by atoms with Crippen LogP contribution >= 0.6 is 0 Å². The molecule has 2 rings (SSSR count). The van der Waals surface area contributed by atoms with Gasteiger partial charge in [0.25, 0.3) is 0 Å². The van der Waals surface area contributed by atoms with Crippen molar-refractivity contribution in [2.45, 2.75) is 0 Å². The molecular formula is C13H6F4O. The lowest BCUT2D eigenvalue weighted by molar-refractivity contribution is 0.112. The van der Waals surface area contributed by atoms with Crippen molar-refractivity contribution in [1.29, 1.82) is 0 Å². The van der Waals surface area contributed by atoms with Gasteiger partial charge in [0.1, 0.15) is 23.3 Å². The minimum absolute atomic E-state index is 0.0826. The van der Waals surface area contributed by atoms with Crippen molar-refractivity contribution in [3.05, 3.63) is 59.2 Å². The van der Waals surface area contributed by atoms with E-state index < -0.39 is 28.8 Å². The molecular weight excluding hydrogens is 248 g/mol. The Morgan fingerprint density at radius 3 is 2.00 bits per heavy atom. The molecule has 0 N–H and O–H groups in total. The SMILES string of the molecule is O=Cc1ccc(F)cc1-c1c(F)cc(F)cc1F. The van der Waals surface area contributed by atoms with E-state index in [9.17, 15) is 22.4 Å². The molecule has 0 spiro atoms. The van der Waals surface area contributed by atoms with Gasteiger partial charge in [-0.3, -0.25) is 4.79 Å². The quantitative estimate of drug-likeness (QED) is 0.589. The molecule has 92 valence electrons. The van der Waals surface area contributed by atoms with Crippen LogP contribution in [0.1, 0.15) is 10.4 Å². The van der Waals surface area contributed by atoms with Gasteiger partial charge in [-0.1, -0.05) is 0 Å². The van der Waals surface area contributed by atoms with Crippen LogP contribution in [0.3, 0.4) is 0 Å². The first-order valence-electron chi connectivity index (χ1n) is 4.92. The van der Waals surface area contributed by atoms with Gasteiger partial charge in [0, 0.05) is 23.3 Å². The van der Waals surface area contributed by atoms with Crippen LogP contribution in [0.4, 0.5) is 17.6 Å². The predicted octanol–water partition coefficient (Wildman–Crippen LogP) is 3.72. The van der Waals surface area contributed by atoms with Gasteiger partial charge < -0.3 is 0 Å². The number of hydrogen-bond acceptors (Lipinski definition) is 1. The third kappa shape index (κ3) is 2.11. The van der Waals surface area contributed by atoms with Gasteiger partial charge in [-0.05, 0) is 18.2 Å². The maximum absolute atomic E-state index is 13.5. The molecule has 2 aromatic carbocycles. The molecule has 0 saturated carbocycles. The van der Waals surface area contributed by atoms with Crippen molar-refractivity contribution in [3.63, 3.8) is 0 Å². The van der Waals surface area contributed by atoms with Crippen LogP contribution in [-0.2, 0) is 0 Å². The molecule has 0 aliphatic heterocycles. The van der Waals surface area contributed by atoms with Crippen molar-refractivity contribution in [2.75, 3.05) is 0 Å². The third-order valence-corrected chi connectivity index (χ3v) is 2.42. The number of halogens is 4. The third-order valence-electron chi connectivity index (χ3n) is 2.42. The standard InChI is InChI=1S/C13H6F4O/c14-8-2-1-7(6-18)10(3-8)13-11(16)4-9(15)5-12(13)17/h1-6H. The minimum Gasteiger partial charge on any atom is -0.298 e. The Balaban J connectivity index is 2.76. The second kappa shape index (κ2) is 4.60. The fraction of sp³-hybridized carbons (Fsp3) is 0. The zero-order valence-corrected chi connectivity index (χ0v) is 8.88. The molecule has 18 heavy (non-hydrogen) atoms. The maximum Gasteiger partial charge on any atom is 0.150 e. The number of carbonyl (C=O) groups is 1. The molecule has 0 unspecified atom stereocenters. The first kappa shape index (κ1) is 12.3. The molecule has 5 heteroatoms. The summed E-state index contributed by atoms with van der Waals surface area (Å²) in [6.45, 7) is 0. The fourth-order valence-electron chi connectivity index (χ4n) is 1.65. The normalized spacial score (nSPS) is 10.4. The highest BCUT2D eigenvalue weighted by atomic mass is 19.1. The smallest absolute Gasteiger partial charge is 0.150 e. The monoisotopic (exact) mass is 254 g/mol. The van der Waals surface area contributed by atoms with E-state index in [4.69, 9.17) is 0 Å². The molecule has 2 aromatic rings. The highest BCUT2D eigenvalue weighted by Gasteiger charge is 2.17. The Morgan fingerprint density at radius 1 is 0.833 bits per heavy atom. The van der Waals surface area contributed by atoms with E-state index in [2.05, 4.69) is 0 Å². The number of carbonyl (C=O) groups excluding carboxylic acids is 1. The molecule has 0 aromatic heterocycles. The van der Waals surface area contributed by atoms with E-state index in [-0.39, 0.29) is 11.1 Å². The van der Waals surface area contributed by atoms with Crippen LogP contribution in [0.2, 0.25) is 0 Å². The van der Waals surface area contributed by atoms with E-state index in [1.165, 1.54) is 0 Å². The largest absolute Gasteiger partial charge is 0.298 e. The summed E-state index contributed by atoms with van der Waals surface area (Å²) in [5.41, 5.74) is -0.959. The zero-order valence-electron chi connectivity index (χ0n) is 8.88. The van der Waals surface area contributed by atoms with E-state index in [0.29, 0.717) is 18.4 Å². The lowest BCUT2D eigenvalue weighted by Crippen LogP contribution is -1.97. The Kier molecular flexibility index (Phi) is 3.14. The van der Waals surface area contributed by atoms with Gasteiger partial charge in [-0.2, -0.15) is 0 Å². The first-order chi connectivity index (χ1) is 8.52. The summed E-state index contributed by atoms with van der Waals surface area (Å²) >= 11 is 0. The number of benzene rings is 2. The van der Waals surface area contributed by atoms with Crippen molar-refractivity contribution in [2.24, 2.45) is 0 Å². The Morgan fingerprint density at radius 2 is 1.44 bits per heavy atom. The zero-order chi connectivity index (χ0) is 13.3. The molecule has 0 amide bonds. The highest BCUT2D eigenvalue weighted by Crippen LogP contribution is 2.29. The van der Waals surface area contributed by atoms with Gasteiger partial charge in [-0.25, -0.2) is 17.6 Å². The number of rotatable bonds is 2. The highest BCUT2D eigenvalue weighted by molar-refractivity contribution is 5.87. The van der Waals surface area contributed by atoms with Crippen molar-refractivity contribution in [1.82, 2.24) is 0 Å². The average Bonchev–Trinajstić information content (AvgIpc) is 2.28. The lowest BCUT2D eigenvalue weighted by Gasteiger charge is -2.08. The van der Waals surface area contributed by atoms with E-state index in [0.717, 1.165) is 18.2 Å². The lowest BCUT2D eigenvalue weighted by atomic mass is 9.99. The molecule has 0 atom stereocenters. The van der Waals surface area contributed by atoms with Crippen LogP contribution in [0.25, 0.3) is 11.1 Å². The molecule has 0 aliphatic carbocycles. The summed E-state index contributed by atoms with van der Waals surface area (Å²) in [4.78, 5) is 10.8. The fourth-order valence-corrected chi connectivity index (χ4v) is 1.65. The summed E-state index contributed by atoms with van der Waals surface area (Å²) in [6, 6.07) is 3.85. The molecule has 0 saturated heterocycles. The Bertz CT molecular complexity index is 599. The van der Waals surface area contributed by atoms with Crippen LogP contribution < -0.4 is 0 Å². The first-order valence-corrected chi connectivity index (χ1v) is 4.92. The topological polar surface area (TPSA) is 17.1 Å². The maximum atomic E-state index is 13.5. The average molecular weight is 254 g/mol. The van der Waals surface area contributed by atoms with E-state index >= 15 is 0 Å². The number of aldehydes is 1. The second-order valence-corrected chi connectivity index (χ2v) is 3.59. The van der Waals surface area contributed by atoms with Gasteiger partial charge >= 0.3 is 0 Å². The Hall–Kier alpha value is -2.17. The molecule has 0 bridgehead atoms. The summed E-state index contributed by atoms with van der Waals surface area (Å²) in [5.74, 6) is -4.22. The van der Waals surface area contributed by atoms with Gasteiger partial charge in [-0.15, -0.1) is 0 Å². The van der Waals surface area contributed by atoms with Gasteiger partial charge in [0.15, 0.2) is 6.29 Å². The number of hydrogen-bond donors (Lipinski definition) is 0. The van der Waals surface area contributed by atoms with Gasteiger partial charge in [0.05, 0.1) is 5.56 Å². The van der Waals surface area contributed by atoms with E-state index in [1.54, 1.807) is 0 Å². The minimum atomic E-state index is -1.19. The second-order valence-electron chi connectivity index (χ2n) is 3.59. The van der Waals surface area contributed by atoms with Crippen LogP contribution in [0.15, 0.2) is 30.3 Å². The molecule has 0 fully saturated rings. The van der Waals surface area contributed by atoms with Crippen LogP contribution in [-0.4, -0.2) is 6.29 Å². The van der Waals surface area contributed by atoms with E-state index in [1.807, 2.05) is 0 Å². The van der Waals surface area contributed by atoms with Crippen molar-refractivity contribution < 1.29 is 22.4 Å². The summed E-state index contributed by atoms with van der Waals surface area (Å²) in [5, 5.41) is 0.